The lowest BCUT2D eigenvalue weighted by Crippen LogP contribution is -2.35. The summed E-state index contributed by atoms with van der Waals surface area (Å²) in [6, 6.07) is 8.30. The molecule has 1 aromatic heterocycles. The lowest BCUT2D eigenvalue weighted by Gasteiger charge is -2.28. The van der Waals surface area contributed by atoms with Crippen LogP contribution in [0, 0.1) is 11.6 Å². The quantitative estimate of drug-likeness (QED) is 0.631. The van der Waals surface area contributed by atoms with Gasteiger partial charge in [0.05, 0.1) is 18.3 Å². The highest BCUT2D eigenvalue weighted by atomic mass is 35.5. The highest BCUT2D eigenvalue weighted by Gasteiger charge is 2.45. The van der Waals surface area contributed by atoms with Gasteiger partial charge in [0.25, 0.3) is 0 Å². The Morgan fingerprint density at radius 1 is 1.25 bits per heavy atom. The molecular formula is C19H16ClF2N3O3. The Labute approximate surface area is 164 Å². The second-order valence-electron chi connectivity index (χ2n) is 6.40. The second-order valence-corrected chi connectivity index (χ2v) is 6.84. The monoisotopic (exact) mass is 407 g/mol. The van der Waals surface area contributed by atoms with E-state index in [1.165, 1.54) is 17.3 Å². The molecule has 4 rings (SSSR count). The SMILES string of the molecule is CC1COC(Cn2cncn2)(c2cc(F)c(Oc3ccc(Cl)cc3)cc2F)O1. The van der Waals surface area contributed by atoms with Gasteiger partial charge in [-0.05, 0) is 37.3 Å². The van der Waals surface area contributed by atoms with E-state index < -0.39 is 17.4 Å². The molecule has 146 valence electrons. The van der Waals surface area contributed by atoms with Gasteiger partial charge in [-0.25, -0.2) is 18.4 Å². The van der Waals surface area contributed by atoms with E-state index in [1.54, 1.807) is 31.2 Å². The summed E-state index contributed by atoms with van der Waals surface area (Å²) in [5, 5.41) is 4.51. The summed E-state index contributed by atoms with van der Waals surface area (Å²) in [5.41, 5.74) is -0.0756. The minimum atomic E-state index is -1.52. The standard InChI is InChI=1S/C19H16ClF2N3O3/c1-12-8-26-19(28-12,9-25-11-23-10-24-25)15-6-17(22)18(7-16(15)21)27-14-4-2-13(20)3-5-14/h2-7,10-12H,8-9H2,1H3. The van der Waals surface area contributed by atoms with Crippen molar-refractivity contribution < 1.29 is 23.0 Å². The fourth-order valence-electron chi connectivity index (χ4n) is 3.01. The molecule has 1 saturated heterocycles. The Bertz CT molecular complexity index is 969. The third-order valence-electron chi connectivity index (χ3n) is 4.25. The number of halogens is 3. The maximum atomic E-state index is 15.0. The van der Waals surface area contributed by atoms with Crippen LogP contribution < -0.4 is 4.74 Å². The number of aromatic nitrogens is 3. The van der Waals surface area contributed by atoms with Crippen molar-refractivity contribution in [2.45, 2.75) is 25.4 Å². The van der Waals surface area contributed by atoms with Gasteiger partial charge in [0.1, 0.15) is 30.8 Å². The van der Waals surface area contributed by atoms with Crippen molar-refractivity contribution in [1.29, 1.82) is 0 Å². The minimum absolute atomic E-state index is 0.0189. The van der Waals surface area contributed by atoms with Crippen molar-refractivity contribution in [2.24, 2.45) is 0 Å². The fraction of sp³-hybridized carbons (Fsp3) is 0.263. The number of hydrogen-bond acceptors (Lipinski definition) is 5. The van der Waals surface area contributed by atoms with Crippen LogP contribution in [0.2, 0.25) is 5.02 Å². The molecule has 1 fully saturated rings. The zero-order valence-electron chi connectivity index (χ0n) is 14.8. The van der Waals surface area contributed by atoms with Gasteiger partial charge in [0, 0.05) is 11.1 Å². The van der Waals surface area contributed by atoms with Crippen LogP contribution >= 0.6 is 11.6 Å². The zero-order valence-corrected chi connectivity index (χ0v) is 15.6. The summed E-state index contributed by atoms with van der Waals surface area (Å²) < 4.78 is 48.2. The average molecular weight is 408 g/mol. The Kier molecular flexibility index (Phi) is 5.01. The molecular weight excluding hydrogens is 392 g/mol. The molecule has 2 aromatic carbocycles. The Hall–Kier alpha value is -2.55. The lowest BCUT2D eigenvalue weighted by molar-refractivity contribution is -0.188. The molecule has 3 aromatic rings. The highest BCUT2D eigenvalue weighted by Crippen LogP contribution is 2.39. The predicted molar refractivity (Wildman–Crippen MR) is 96.1 cm³/mol. The van der Waals surface area contributed by atoms with Gasteiger partial charge in [0.2, 0.25) is 5.79 Å². The molecule has 2 unspecified atom stereocenters. The van der Waals surface area contributed by atoms with E-state index in [9.17, 15) is 8.78 Å². The number of benzene rings is 2. The fourth-order valence-corrected chi connectivity index (χ4v) is 3.14. The molecule has 1 aliphatic heterocycles. The summed E-state index contributed by atoms with van der Waals surface area (Å²) in [5.74, 6) is -2.92. The molecule has 0 saturated carbocycles. The first-order valence-corrected chi connectivity index (χ1v) is 8.90. The molecule has 2 atom stereocenters. The number of hydrogen-bond donors (Lipinski definition) is 0. The van der Waals surface area contributed by atoms with Gasteiger partial charge in [0.15, 0.2) is 11.6 Å². The van der Waals surface area contributed by atoms with Gasteiger partial charge in [-0.3, -0.25) is 0 Å². The third-order valence-corrected chi connectivity index (χ3v) is 4.50. The Morgan fingerprint density at radius 3 is 2.68 bits per heavy atom. The summed E-state index contributed by atoms with van der Waals surface area (Å²) in [7, 11) is 0. The van der Waals surface area contributed by atoms with E-state index in [4.69, 9.17) is 25.8 Å². The lowest BCUT2D eigenvalue weighted by atomic mass is 10.0. The van der Waals surface area contributed by atoms with E-state index in [0.29, 0.717) is 10.8 Å². The van der Waals surface area contributed by atoms with Crippen molar-refractivity contribution in [3.63, 3.8) is 0 Å². The van der Waals surface area contributed by atoms with E-state index in [-0.39, 0.29) is 30.6 Å². The van der Waals surface area contributed by atoms with Crippen LogP contribution in [0.25, 0.3) is 0 Å². The van der Waals surface area contributed by atoms with Gasteiger partial charge < -0.3 is 14.2 Å². The van der Waals surface area contributed by atoms with Gasteiger partial charge in [-0.1, -0.05) is 11.6 Å². The summed E-state index contributed by atoms with van der Waals surface area (Å²) in [4.78, 5) is 3.86. The third kappa shape index (κ3) is 3.71. The number of ether oxygens (including phenoxy) is 3. The van der Waals surface area contributed by atoms with Crippen LogP contribution in [0.1, 0.15) is 12.5 Å². The van der Waals surface area contributed by atoms with Crippen molar-refractivity contribution in [1.82, 2.24) is 14.8 Å². The topological polar surface area (TPSA) is 58.4 Å². The molecule has 0 radical (unpaired) electrons. The molecule has 1 aliphatic rings. The van der Waals surface area contributed by atoms with Crippen molar-refractivity contribution in [2.75, 3.05) is 6.61 Å². The Morgan fingerprint density at radius 2 is 2.04 bits per heavy atom. The molecule has 28 heavy (non-hydrogen) atoms. The van der Waals surface area contributed by atoms with Crippen molar-refractivity contribution in [3.05, 3.63) is 71.3 Å². The van der Waals surface area contributed by atoms with Crippen molar-refractivity contribution in [3.8, 4) is 11.5 Å². The smallest absolute Gasteiger partial charge is 0.218 e. The van der Waals surface area contributed by atoms with E-state index in [1.807, 2.05) is 0 Å². The highest BCUT2D eigenvalue weighted by molar-refractivity contribution is 6.30. The molecule has 0 spiro atoms. The molecule has 0 bridgehead atoms. The first kappa shape index (κ1) is 18.8. The second kappa shape index (κ2) is 7.46. The van der Waals surface area contributed by atoms with Crippen LogP contribution in [-0.4, -0.2) is 27.5 Å². The first-order chi connectivity index (χ1) is 13.4. The number of rotatable bonds is 5. The van der Waals surface area contributed by atoms with Crippen LogP contribution in [0.15, 0.2) is 49.1 Å². The van der Waals surface area contributed by atoms with Crippen molar-refractivity contribution >= 4 is 11.6 Å². The largest absolute Gasteiger partial charge is 0.454 e. The normalized spacial score (nSPS) is 21.8. The van der Waals surface area contributed by atoms with Gasteiger partial charge in [-0.15, -0.1) is 0 Å². The molecule has 0 aliphatic carbocycles. The van der Waals surface area contributed by atoms with Crippen LogP contribution in [0.3, 0.4) is 0 Å². The maximum Gasteiger partial charge on any atom is 0.218 e. The predicted octanol–water partition coefficient (Wildman–Crippen LogP) is 4.29. The maximum absolute atomic E-state index is 15.0. The minimum Gasteiger partial charge on any atom is -0.454 e. The van der Waals surface area contributed by atoms with E-state index >= 15 is 0 Å². The first-order valence-electron chi connectivity index (χ1n) is 8.52. The molecule has 0 amide bonds. The summed E-state index contributed by atoms with van der Waals surface area (Å²) in [6.45, 7) is 2.04. The summed E-state index contributed by atoms with van der Waals surface area (Å²) >= 11 is 5.82. The van der Waals surface area contributed by atoms with E-state index in [0.717, 1.165) is 12.1 Å². The van der Waals surface area contributed by atoms with Gasteiger partial charge in [-0.2, -0.15) is 5.10 Å². The molecule has 6 nitrogen and oxygen atoms in total. The molecule has 2 heterocycles. The molecule has 9 heteroatoms. The average Bonchev–Trinajstić information content (AvgIpc) is 3.30. The van der Waals surface area contributed by atoms with Crippen LogP contribution in [0.4, 0.5) is 8.78 Å². The summed E-state index contributed by atoms with van der Waals surface area (Å²) in [6.07, 6.45) is 2.49. The Balaban J connectivity index is 1.68. The molecule has 0 N–H and O–H groups in total. The zero-order chi connectivity index (χ0) is 19.7. The van der Waals surface area contributed by atoms with E-state index in [2.05, 4.69) is 10.1 Å². The number of nitrogens with zero attached hydrogens (tertiary/aromatic N) is 3. The van der Waals surface area contributed by atoms with Crippen LogP contribution in [-0.2, 0) is 21.8 Å². The van der Waals surface area contributed by atoms with Gasteiger partial charge >= 0.3 is 0 Å². The van der Waals surface area contributed by atoms with Crippen LogP contribution in [0.5, 0.6) is 11.5 Å².